The fourth-order valence-corrected chi connectivity index (χ4v) is 2.10. The lowest BCUT2D eigenvalue weighted by Crippen LogP contribution is -2.39. The third-order valence-corrected chi connectivity index (χ3v) is 3.12. The number of hydrogen-bond donors (Lipinski definition) is 2. The van der Waals surface area contributed by atoms with Gasteiger partial charge in [0.1, 0.15) is 5.69 Å². The molecule has 2 unspecified atom stereocenters. The number of nitrogens with zero attached hydrogens (tertiary/aromatic N) is 1. The highest BCUT2D eigenvalue weighted by atomic mass is 32.1. The number of nitrogens with two attached hydrogens (primary N) is 1. The van der Waals surface area contributed by atoms with Gasteiger partial charge in [-0.05, 0) is 13.3 Å². The number of anilines is 1. The Kier molecular flexibility index (Phi) is 2.88. The van der Waals surface area contributed by atoms with Crippen molar-refractivity contribution in [1.82, 2.24) is 10.3 Å². The summed E-state index contributed by atoms with van der Waals surface area (Å²) in [4.78, 5) is 15.6. The average molecular weight is 227 g/mol. The van der Waals surface area contributed by atoms with E-state index in [0.717, 1.165) is 6.42 Å². The van der Waals surface area contributed by atoms with Gasteiger partial charge in [-0.25, -0.2) is 4.98 Å². The fourth-order valence-electron chi connectivity index (χ4n) is 1.56. The molecule has 3 N–H and O–H groups in total. The number of carbonyl (C=O) groups excluding carboxylic acids is 1. The van der Waals surface area contributed by atoms with Crippen LogP contribution in [-0.4, -0.2) is 29.6 Å². The van der Waals surface area contributed by atoms with Crippen molar-refractivity contribution in [1.29, 1.82) is 0 Å². The molecule has 15 heavy (non-hydrogen) atoms. The van der Waals surface area contributed by atoms with E-state index in [0.29, 0.717) is 17.4 Å². The molecule has 1 aromatic heterocycles. The van der Waals surface area contributed by atoms with E-state index in [-0.39, 0.29) is 18.1 Å². The Morgan fingerprint density at radius 3 is 3.13 bits per heavy atom. The summed E-state index contributed by atoms with van der Waals surface area (Å²) < 4.78 is 5.35. The van der Waals surface area contributed by atoms with Crippen molar-refractivity contribution in [2.45, 2.75) is 25.5 Å². The summed E-state index contributed by atoms with van der Waals surface area (Å²) in [6.07, 6.45) is 0.928. The van der Waals surface area contributed by atoms with Crippen LogP contribution in [0.3, 0.4) is 0 Å². The van der Waals surface area contributed by atoms with Crippen molar-refractivity contribution in [3.63, 3.8) is 0 Å². The lowest BCUT2D eigenvalue weighted by atomic mass is 10.1. The van der Waals surface area contributed by atoms with Gasteiger partial charge in [0.25, 0.3) is 5.91 Å². The molecule has 2 atom stereocenters. The molecule has 6 heteroatoms. The smallest absolute Gasteiger partial charge is 0.271 e. The molecule has 0 radical (unpaired) electrons. The van der Waals surface area contributed by atoms with Crippen molar-refractivity contribution < 1.29 is 9.53 Å². The van der Waals surface area contributed by atoms with E-state index in [1.165, 1.54) is 11.3 Å². The van der Waals surface area contributed by atoms with Gasteiger partial charge >= 0.3 is 0 Å². The molecule has 1 aliphatic rings. The highest BCUT2D eigenvalue weighted by molar-refractivity contribution is 7.13. The number of ether oxygens (including phenoxy) is 1. The molecule has 0 aromatic carbocycles. The van der Waals surface area contributed by atoms with Crippen molar-refractivity contribution in [3.8, 4) is 0 Å². The van der Waals surface area contributed by atoms with Crippen LogP contribution in [0.15, 0.2) is 5.38 Å². The Morgan fingerprint density at radius 1 is 1.80 bits per heavy atom. The highest BCUT2D eigenvalue weighted by Gasteiger charge is 2.26. The average Bonchev–Trinajstić information content (AvgIpc) is 2.77. The van der Waals surface area contributed by atoms with E-state index in [2.05, 4.69) is 10.3 Å². The Hall–Kier alpha value is -1.14. The van der Waals surface area contributed by atoms with Gasteiger partial charge in [0.2, 0.25) is 0 Å². The lowest BCUT2D eigenvalue weighted by molar-refractivity contribution is 0.0862. The van der Waals surface area contributed by atoms with E-state index in [9.17, 15) is 4.79 Å². The third-order valence-electron chi connectivity index (χ3n) is 2.45. The molecule has 1 aromatic rings. The van der Waals surface area contributed by atoms with E-state index in [4.69, 9.17) is 10.5 Å². The molecule has 0 saturated carbocycles. The number of amides is 1. The topological polar surface area (TPSA) is 77.2 Å². The number of thiazole rings is 1. The summed E-state index contributed by atoms with van der Waals surface area (Å²) in [5.74, 6) is -0.176. The number of carbonyl (C=O) groups is 1. The van der Waals surface area contributed by atoms with Gasteiger partial charge in [-0.15, -0.1) is 11.3 Å². The normalized spacial score (nSPS) is 25.4. The summed E-state index contributed by atoms with van der Waals surface area (Å²) in [6.45, 7) is 2.65. The zero-order chi connectivity index (χ0) is 10.8. The van der Waals surface area contributed by atoms with Crippen LogP contribution in [0, 0.1) is 0 Å². The molecule has 1 amide bonds. The third kappa shape index (κ3) is 2.27. The largest absolute Gasteiger partial charge is 0.376 e. The molecule has 0 spiro atoms. The minimum atomic E-state index is -0.176. The zero-order valence-corrected chi connectivity index (χ0v) is 9.21. The van der Waals surface area contributed by atoms with Crippen molar-refractivity contribution in [3.05, 3.63) is 11.1 Å². The Labute approximate surface area is 91.6 Å². The molecule has 1 saturated heterocycles. The van der Waals surface area contributed by atoms with E-state index in [1.54, 1.807) is 5.38 Å². The number of aromatic nitrogens is 1. The second-order valence-corrected chi connectivity index (χ2v) is 4.41. The van der Waals surface area contributed by atoms with Crippen LogP contribution in [0.1, 0.15) is 23.8 Å². The molecule has 82 valence electrons. The van der Waals surface area contributed by atoms with Gasteiger partial charge < -0.3 is 15.8 Å². The van der Waals surface area contributed by atoms with Crippen LogP contribution >= 0.6 is 11.3 Å². The molecule has 1 fully saturated rings. The van der Waals surface area contributed by atoms with Crippen LogP contribution in [0.25, 0.3) is 0 Å². The lowest BCUT2D eigenvalue weighted by Gasteiger charge is -2.14. The van der Waals surface area contributed by atoms with Crippen molar-refractivity contribution >= 4 is 22.4 Å². The first kappa shape index (κ1) is 10.4. The number of nitrogen functional groups attached to an aromatic ring is 1. The Bertz CT molecular complexity index is 366. The van der Waals surface area contributed by atoms with Crippen LogP contribution in [0.5, 0.6) is 0 Å². The summed E-state index contributed by atoms with van der Waals surface area (Å²) in [5, 5.41) is 4.95. The minimum Gasteiger partial charge on any atom is -0.376 e. The van der Waals surface area contributed by atoms with Crippen LogP contribution in [0.2, 0.25) is 0 Å². The predicted octanol–water partition coefficient (Wildman–Crippen LogP) is 0.633. The summed E-state index contributed by atoms with van der Waals surface area (Å²) >= 11 is 1.27. The first-order valence-electron chi connectivity index (χ1n) is 4.80. The number of nitrogens with one attached hydrogen (secondary N) is 1. The second kappa shape index (κ2) is 4.16. The fraction of sp³-hybridized carbons (Fsp3) is 0.556. The zero-order valence-electron chi connectivity index (χ0n) is 8.40. The quantitative estimate of drug-likeness (QED) is 0.777. The monoisotopic (exact) mass is 227 g/mol. The standard InChI is InChI=1S/C9H13N3O2S/c1-5-6(2-3-14-5)11-8(13)7-4-15-9(10)12-7/h4-6H,2-3H2,1H3,(H2,10,12)(H,11,13). The van der Waals surface area contributed by atoms with Gasteiger partial charge in [0.05, 0.1) is 12.1 Å². The SMILES string of the molecule is CC1OCCC1NC(=O)c1csc(N)n1. The van der Waals surface area contributed by atoms with Gasteiger partial charge in [0.15, 0.2) is 5.13 Å². The van der Waals surface area contributed by atoms with Crippen LogP contribution < -0.4 is 11.1 Å². The first-order chi connectivity index (χ1) is 7.16. The van der Waals surface area contributed by atoms with Crippen molar-refractivity contribution in [2.24, 2.45) is 0 Å². The Morgan fingerprint density at radius 2 is 2.60 bits per heavy atom. The van der Waals surface area contributed by atoms with Crippen LogP contribution in [-0.2, 0) is 4.74 Å². The predicted molar refractivity (Wildman–Crippen MR) is 57.8 cm³/mol. The van der Waals surface area contributed by atoms with E-state index < -0.39 is 0 Å². The summed E-state index contributed by atoms with van der Waals surface area (Å²) in [5.41, 5.74) is 5.84. The summed E-state index contributed by atoms with van der Waals surface area (Å²) in [7, 11) is 0. The summed E-state index contributed by atoms with van der Waals surface area (Å²) in [6, 6.07) is 0.0837. The second-order valence-electron chi connectivity index (χ2n) is 3.52. The first-order valence-corrected chi connectivity index (χ1v) is 5.68. The molecule has 2 heterocycles. The number of hydrogen-bond acceptors (Lipinski definition) is 5. The van der Waals surface area contributed by atoms with Gasteiger partial charge in [-0.2, -0.15) is 0 Å². The van der Waals surface area contributed by atoms with E-state index in [1.807, 2.05) is 6.92 Å². The molecule has 5 nitrogen and oxygen atoms in total. The molecule has 0 bridgehead atoms. The minimum absolute atomic E-state index is 0.0740. The van der Waals surface area contributed by atoms with E-state index >= 15 is 0 Å². The molecule has 1 aliphatic heterocycles. The van der Waals surface area contributed by atoms with Gasteiger partial charge in [-0.3, -0.25) is 4.79 Å². The van der Waals surface area contributed by atoms with Gasteiger partial charge in [-0.1, -0.05) is 0 Å². The number of rotatable bonds is 2. The molecular weight excluding hydrogens is 214 g/mol. The van der Waals surface area contributed by atoms with Crippen molar-refractivity contribution in [2.75, 3.05) is 12.3 Å². The maximum Gasteiger partial charge on any atom is 0.271 e. The molecule has 0 aliphatic carbocycles. The Balaban J connectivity index is 1.97. The maximum absolute atomic E-state index is 11.7. The van der Waals surface area contributed by atoms with Gasteiger partial charge in [0, 0.05) is 12.0 Å². The molecular formula is C9H13N3O2S. The van der Waals surface area contributed by atoms with Crippen LogP contribution in [0.4, 0.5) is 5.13 Å². The highest BCUT2D eigenvalue weighted by Crippen LogP contribution is 2.15. The maximum atomic E-state index is 11.7. The molecule has 2 rings (SSSR count).